The normalized spacial score (nSPS) is 18.6. The van der Waals surface area contributed by atoms with Crippen LogP contribution in [0.2, 0.25) is 0 Å². The third-order valence-electron chi connectivity index (χ3n) is 3.45. The first-order valence-electron chi connectivity index (χ1n) is 8.04. The number of nitrogens with one attached hydrogen (secondary N) is 3. The number of guanidine groups is 1. The number of hydrogen-bond acceptors (Lipinski definition) is 4. The number of H-pyrrole nitrogens is 1. The Bertz CT molecular complexity index is 416. The van der Waals surface area contributed by atoms with Crippen molar-refractivity contribution in [2.24, 2.45) is 10.9 Å². The van der Waals surface area contributed by atoms with Gasteiger partial charge in [0.25, 0.3) is 0 Å². The van der Waals surface area contributed by atoms with Gasteiger partial charge in [-0.2, -0.15) is 5.10 Å². The Morgan fingerprint density at radius 1 is 1.55 bits per heavy atom. The number of aromatic nitrogens is 2. The topological polar surface area (TPSA) is 83.6 Å². The van der Waals surface area contributed by atoms with Gasteiger partial charge < -0.3 is 20.1 Å². The van der Waals surface area contributed by atoms with Crippen molar-refractivity contribution in [3.05, 3.63) is 18.0 Å². The molecule has 0 aromatic carbocycles. The molecule has 0 saturated carbocycles. The van der Waals surface area contributed by atoms with Crippen LogP contribution in [0.3, 0.4) is 0 Å². The molecule has 0 spiro atoms. The van der Waals surface area contributed by atoms with Gasteiger partial charge in [0.15, 0.2) is 5.96 Å². The molecule has 1 saturated heterocycles. The van der Waals surface area contributed by atoms with E-state index in [1.54, 1.807) is 6.20 Å². The molecule has 2 rings (SSSR count). The van der Waals surface area contributed by atoms with Gasteiger partial charge in [0.1, 0.15) is 0 Å². The summed E-state index contributed by atoms with van der Waals surface area (Å²) in [4.78, 5) is 4.50. The number of ether oxygens (including phenoxy) is 2. The van der Waals surface area contributed by atoms with Crippen LogP contribution in [0.15, 0.2) is 17.3 Å². The second-order valence-electron chi connectivity index (χ2n) is 5.36. The summed E-state index contributed by atoms with van der Waals surface area (Å²) in [5, 5.41) is 13.4. The molecule has 1 fully saturated rings. The molecule has 1 aromatic heterocycles. The zero-order chi connectivity index (χ0) is 15.5. The summed E-state index contributed by atoms with van der Waals surface area (Å²) >= 11 is 0. The average Bonchev–Trinajstić information content (AvgIpc) is 3.21. The van der Waals surface area contributed by atoms with E-state index in [9.17, 15) is 0 Å². The van der Waals surface area contributed by atoms with E-state index in [0.29, 0.717) is 12.5 Å². The van der Waals surface area contributed by atoms with Crippen molar-refractivity contribution in [2.45, 2.75) is 26.3 Å². The van der Waals surface area contributed by atoms with Gasteiger partial charge >= 0.3 is 0 Å². The molecule has 1 aliphatic rings. The Labute approximate surface area is 131 Å². The van der Waals surface area contributed by atoms with Crippen LogP contribution in [0, 0.1) is 5.92 Å². The molecule has 0 aliphatic carbocycles. The van der Waals surface area contributed by atoms with Gasteiger partial charge in [-0.25, -0.2) is 4.99 Å². The molecule has 124 valence electrons. The quantitative estimate of drug-likeness (QED) is 0.359. The van der Waals surface area contributed by atoms with Crippen molar-refractivity contribution in [1.82, 2.24) is 20.8 Å². The Balaban J connectivity index is 1.56. The molecule has 1 aliphatic heterocycles. The SMILES string of the molecule is CCNC(=NCc1ccn[nH]1)NCCCOCC1CCOC1. The van der Waals surface area contributed by atoms with Gasteiger partial charge in [-0.1, -0.05) is 0 Å². The van der Waals surface area contributed by atoms with Gasteiger partial charge in [-0.05, 0) is 25.8 Å². The first kappa shape index (κ1) is 16.8. The second kappa shape index (κ2) is 10.2. The van der Waals surface area contributed by atoms with Gasteiger partial charge in [0, 0.05) is 38.4 Å². The second-order valence-corrected chi connectivity index (χ2v) is 5.36. The molecule has 1 atom stereocenters. The maximum atomic E-state index is 5.68. The Hall–Kier alpha value is -1.60. The lowest BCUT2D eigenvalue weighted by Gasteiger charge is -2.12. The first-order chi connectivity index (χ1) is 10.9. The highest BCUT2D eigenvalue weighted by atomic mass is 16.5. The summed E-state index contributed by atoms with van der Waals surface area (Å²) in [6, 6.07) is 1.92. The number of aliphatic imine (C=N–C) groups is 1. The smallest absolute Gasteiger partial charge is 0.191 e. The van der Waals surface area contributed by atoms with E-state index in [-0.39, 0.29) is 0 Å². The molecule has 7 heteroatoms. The largest absolute Gasteiger partial charge is 0.381 e. The minimum atomic E-state index is 0.584. The molecule has 0 radical (unpaired) electrons. The summed E-state index contributed by atoms with van der Waals surface area (Å²) in [6.07, 6.45) is 3.82. The van der Waals surface area contributed by atoms with Crippen molar-refractivity contribution >= 4 is 5.96 Å². The molecule has 0 amide bonds. The van der Waals surface area contributed by atoms with Crippen LogP contribution in [0.4, 0.5) is 0 Å². The van der Waals surface area contributed by atoms with Crippen LogP contribution >= 0.6 is 0 Å². The third kappa shape index (κ3) is 6.44. The number of aromatic amines is 1. The monoisotopic (exact) mass is 309 g/mol. The van der Waals surface area contributed by atoms with Crippen LogP contribution in [0.25, 0.3) is 0 Å². The summed E-state index contributed by atoms with van der Waals surface area (Å²) < 4.78 is 11.0. The predicted molar refractivity (Wildman–Crippen MR) is 85.8 cm³/mol. The molecule has 2 heterocycles. The van der Waals surface area contributed by atoms with Crippen LogP contribution < -0.4 is 10.6 Å². The van der Waals surface area contributed by atoms with Crippen LogP contribution in [0.5, 0.6) is 0 Å². The van der Waals surface area contributed by atoms with Gasteiger partial charge in [-0.15, -0.1) is 0 Å². The lowest BCUT2D eigenvalue weighted by molar-refractivity contribution is 0.0888. The molecule has 1 aromatic rings. The molecule has 22 heavy (non-hydrogen) atoms. The van der Waals surface area contributed by atoms with Gasteiger partial charge in [-0.3, -0.25) is 5.10 Å². The first-order valence-corrected chi connectivity index (χ1v) is 8.04. The maximum absolute atomic E-state index is 5.68. The van der Waals surface area contributed by atoms with Crippen molar-refractivity contribution in [2.75, 3.05) is 39.5 Å². The lowest BCUT2D eigenvalue weighted by atomic mass is 10.1. The Morgan fingerprint density at radius 3 is 3.23 bits per heavy atom. The van der Waals surface area contributed by atoms with Crippen molar-refractivity contribution in [3.63, 3.8) is 0 Å². The fraction of sp³-hybridized carbons (Fsp3) is 0.733. The van der Waals surface area contributed by atoms with Gasteiger partial charge in [0.05, 0.1) is 25.5 Å². The summed E-state index contributed by atoms with van der Waals surface area (Å²) in [6.45, 7) is 7.64. The van der Waals surface area contributed by atoms with E-state index in [4.69, 9.17) is 9.47 Å². The standard InChI is InChI=1S/C15H27N5O2/c1-2-16-15(18-10-14-4-7-19-20-14)17-6-3-8-21-11-13-5-9-22-12-13/h4,7,13H,2-3,5-6,8-12H2,1H3,(H,19,20)(H2,16,17,18). The minimum absolute atomic E-state index is 0.584. The fourth-order valence-electron chi connectivity index (χ4n) is 2.22. The number of rotatable bonds is 9. The molecule has 3 N–H and O–H groups in total. The highest BCUT2D eigenvalue weighted by Gasteiger charge is 2.15. The fourth-order valence-corrected chi connectivity index (χ4v) is 2.22. The molecule has 7 nitrogen and oxygen atoms in total. The number of hydrogen-bond donors (Lipinski definition) is 3. The Kier molecular flexibility index (Phi) is 7.76. The average molecular weight is 309 g/mol. The summed E-state index contributed by atoms with van der Waals surface area (Å²) in [5.74, 6) is 1.41. The summed E-state index contributed by atoms with van der Waals surface area (Å²) in [7, 11) is 0. The highest BCUT2D eigenvalue weighted by Crippen LogP contribution is 2.12. The molecule has 1 unspecified atom stereocenters. The van der Waals surface area contributed by atoms with E-state index in [2.05, 4.69) is 32.7 Å². The lowest BCUT2D eigenvalue weighted by Crippen LogP contribution is -2.38. The van der Waals surface area contributed by atoms with E-state index in [1.807, 2.05) is 6.07 Å². The van der Waals surface area contributed by atoms with Crippen LogP contribution in [0.1, 0.15) is 25.5 Å². The van der Waals surface area contributed by atoms with E-state index in [1.165, 1.54) is 0 Å². The van der Waals surface area contributed by atoms with Crippen molar-refractivity contribution < 1.29 is 9.47 Å². The zero-order valence-electron chi connectivity index (χ0n) is 13.3. The Morgan fingerprint density at radius 2 is 2.50 bits per heavy atom. The van der Waals surface area contributed by atoms with Crippen LogP contribution in [-0.2, 0) is 16.0 Å². The molecule has 0 bridgehead atoms. The highest BCUT2D eigenvalue weighted by molar-refractivity contribution is 5.79. The van der Waals surface area contributed by atoms with Gasteiger partial charge in [0.2, 0.25) is 0 Å². The molecular formula is C15H27N5O2. The maximum Gasteiger partial charge on any atom is 0.191 e. The van der Waals surface area contributed by atoms with E-state index >= 15 is 0 Å². The van der Waals surface area contributed by atoms with E-state index < -0.39 is 0 Å². The van der Waals surface area contributed by atoms with E-state index in [0.717, 1.165) is 64.0 Å². The minimum Gasteiger partial charge on any atom is -0.381 e. The predicted octanol–water partition coefficient (Wildman–Crippen LogP) is 0.908. The summed E-state index contributed by atoms with van der Waals surface area (Å²) in [5.41, 5.74) is 0.999. The molecular weight excluding hydrogens is 282 g/mol. The van der Waals surface area contributed by atoms with Crippen LogP contribution in [-0.4, -0.2) is 55.7 Å². The van der Waals surface area contributed by atoms with Crippen molar-refractivity contribution in [1.29, 1.82) is 0 Å². The zero-order valence-corrected chi connectivity index (χ0v) is 13.3. The van der Waals surface area contributed by atoms with Crippen molar-refractivity contribution in [3.8, 4) is 0 Å². The third-order valence-corrected chi connectivity index (χ3v) is 3.45. The number of nitrogens with zero attached hydrogens (tertiary/aromatic N) is 2.